The van der Waals surface area contributed by atoms with Crippen molar-refractivity contribution in [2.45, 2.75) is 296 Å². The monoisotopic (exact) mass is 872 g/mol. The number of carbonyl (C=O) groups is 2. The van der Waals surface area contributed by atoms with E-state index in [-0.39, 0.29) is 18.5 Å². The molecule has 0 fully saturated rings. The zero-order valence-corrected chi connectivity index (χ0v) is 41.4. The number of hydrogen-bond acceptors (Lipinski definition) is 5. The summed E-state index contributed by atoms with van der Waals surface area (Å²) in [6.07, 6.45) is 62.9. The Kier molecular flexibility index (Phi) is 50.1. The minimum atomic E-state index is -0.862. The molecule has 0 aliphatic rings. The van der Waals surface area contributed by atoms with Gasteiger partial charge in [-0.2, -0.15) is 0 Å². The third kappa shape index (κ3) is 47.6. The number of unbranched alkanes of at least 4 members (excludes halogenated alkanes) is 35. The molecule has 1 amide bonds. The van der Waals surface area contributed by atoms with Crippen LogP contribution in [0.1, 0.15) is 284 Å². The van der Waals surface area contributed by atoms with Crippen molar-refractivity contribution >= 4 is 11.9 Å². The van der Waals surface area contributed by atoms with Crippen LogP contribution in [0.15, 0.2) is 36.5 Å². The molecule has 2 unspecified atom stereocenters. The summed E-state index contributed by atoms with van der Waals surface area (Å²) >= 11 is 0. The highest BCUT2D eigenvalue weighted by atomic mass is 16.5. The first-order valence-corrected chi connectivity index (χ1v) is 27.3. The van der Waals surface area contributed by atoms with Gasteiger partial charge in [0.25, 0.3) is 0 Å². The average Bonchev–Trinajstić information content (AvgIpc) is 3.27. The van der Waals surface area contributed by atoms with Crippen molar-refractivity contribution in [1.29, 1.82) is 0 Å². The predicted octanol–water partition coefficient (Wildman–Crippen LogP) is 16.5. The zero-order valence-electron chi connectivity index (χ0n) is 41.4. The van der Waals surface area contributed by atoms with Crippen molar-refractivity contribution in [3.8, 4) is 0 Å². The van der Waals surface area contributed by atoms with Gasteiger partial charge in [0.05, 0.1) is 25.4 Å². The normalized spacial score (nSPS) is 12.9. The fraction of sp³-hybridized carbons (Fsp3) is 0.857. The van der Waals surface area contributed by atoms with Gasteiger partial charge in [0.1, 0.15) is 0 Å². The molecule has 0 heterocycles. The molecule has 0 aromatic heterocycles. The molecule has 0 radical (unpaired) electrons. The Morgan fingerprint density at radius 1 is 0.435 bits per heavy atom. The molecule has 0 bridgehead atoms. The van der Waals surface area contributed by atoms with E-state index in [4.69, 9.17) is 4.74 Å². The lowest BCUT2D eigenvalue weighted by atomic mass is 10.0. The molecule has 6 heteroatoms. The molecule has 0 saturated carbocycles. The van der Waals surface area contributed by atoms with E-state index in [1.165, 1.54) is 186 Å². The van der Waals surface area contributed by atoms with Crippen LogP contribution in [0.25, 0.3) is 0 Å². The second-order valence-corrected chi connectivity index (χ2v) is 18.5. The lowest BCUT2D eigenvalue weighted by molar-refractivity contribution is -0.143. The fourth-order valence-corrected chi connectivity index (χ4v) is 8.15. The van der Waals surface area contributed by atoms with E-state index in [1.54, 1.807) is 6.08 Å². The highest BCUT2D eigenvalue weighted by Crippen LogP contribution is 2.15. The second-order valence-electron chi connectivity index (χ2n) is 18.5. The largest absolute Gasteiger partial charge is 0.466 e. The van der Waals surface area contributed by atoms with E-state index < -0.39 is 12.1 Å². The molecular formula is C56H105NO5. The first-order valence-electron chi connectivity index (χ1n) is 27.3. The SMILES string of the molecule is CCCCCCCC/C=C\CCCCCCCCCC(=O)OCCCCCCCC/C=C\CCCCCC(=O)NC(CO)C(O)/C=C/CCCCCCCCCCCCCCC. The van der Waals surface area contributed by atoms with Crippen LogP contribution in [0.5, 0.6) is 0 Å². The van der Waals surface area contributed by atoms with Crippen molar-refractivity contribution in [1.82, 2.24) is 5.32 Å². The van der Waals surface area contributed by atoms with E-state index in [2.05, 4.69) is 43.5 Å². The molecule has 3 N–H and O–H groups in total. The van der Waals surface area contributed by atoms with Gasteiger partial charge in [-0.1, -0.05) is 224 Å². The van der Waals surface area contributed by atoms with Gasteiger partial charge < -0.3 is 20.3 Å². The molecule has 62 heavy (non-hydrogen) atoms. The molecule has 0 aliphatic heterocycles. The second kappa shape index (κ2) is 51.7. The Morgan fingerprint density at radius 3 is 1.16 bits per heavy atom. The van der Waals surface area contributed by atoms with Gasteiger partial charge in [0.2, 0.25) is 5.91 Å². The highest BCUT2D eigenvalue weighted by Gasteiger charge is 2.18. The summed E-state index contributed by atoms with van der Waals surface area (Å²) in [6.45, 7) is 4.85. The minimum Gasteiger partial charge on any atom is -0.466 e. The van der Waals surface area contributed by atoms with Gasteiger partial charge in [-0.05, 0) is 83.5 Å². The summed E-state index contributed by atoms with van der Waals surface area (Å²) in [4.78, 5) is 24.5. The summed E-state index contributed by atoms with van der Waals surface area (Å²) in [5.74, 6) is -0.116. The molecule has 0 saturated heterocycles. The van der Waals surface area contributed by atoms with Gasteiger partial charge in [-0.15, -0.1) is 0 Å². The van der Waals surface area contributed by atoms with E-state index >= 15 is 0 Å². The Bertz CT molecular complexity index is 1010. The Morgan fingerprint density at radius 2 is 0.758 bits per heavy atom. The molecule has 0 aromatic carbocycles. The summed E-state index contributed by atoms with van der Waals surface area (Å²) in [6, 6.07) is -0.648. The molecule has 2 atom stereocenters. The van der Waals surface area contributed by atoms with Crippen molar-refractivity contribution < 1.29 is 24.5 Å². The van der Waals surface area contributed by atoms with E-state index in [1.807, 2.05) is 6.08 Å². The number of allylic oxidation sites excluding steroid dienone is 5. The predicted molar refractivity (Wildman–Crippen MR) is 269 cm³/mol. The number of carbonyl (C=O) groups excluding carboxylic acids is 2. The molecule has 0 rings (SSSR count). The highest BCUT2D eigenvalue weighted by molar-refractivity contribution is 5.76. The van der Waals surface area contributed by atoms with Crippen LogP contribution in [0.3, 0.4) is 0 Å². The Balaban J connectivity index is 3.52. The van der Waals surface area contributed by atoms with Crippen LogP contribution in [0.4, 0.5) is 0 Å². The summed E-state index contributed by atoms with van der Waals surface area (Å²) in [7, 11) is 0. The third-order valence-corrected chi connectivity index (χ3v) is 12.4. The van der Waals surface area contributed by atoms with Gasteiger partial charge in [-0.3, -0.25) is 9.59 Å². The first kappa shape index (κ1) is 60.1. The summed E-state index contributed by atoms with van der Waals surface area (Å²) < 4.78 is 5.46. The van der Waals surface area contributed by atoms with Crippen molar-refractivity contribution in [2.75, 3.05) is 13.2 Å². The minimum absolute atomic E-state index is 0.0177. The third-order valence-electron chi connectivity index (χ3n) is 12.4. The summed E-state index contributed by atoms with van der Waals surface area (Å²) in [5, 5.41) is 23.0. The van der Waals surface area contributed by atoms with Crippen LogP contribution >= 0.6 is 0 Å². The zero-order chi connectivity index (χ0) is 45.1. The quantitative estimate of drug-likeness (QED) is 0.0321. The van der Waals surface area contributed by atoms with E-state index in [0.717, 1.165) is 70.6 Å². The molecule has 0 aromatic rings. The number of amides is 1. The standard InChI is InChI=1S/C56H105NO5/c1-3-5-7-9-11-13-15-17-19-20-22-26-30-34-38-42-46-50-56(61)62-51-47-43-39-35-31-27-23-25-29-33-37-41-45-49-55(60)57-53(52-58)54(59)48-44-40-36-32-28-24-21-18-16-14-12-10-8-6-4-2/h17,19,25,29,44,48,53-54,58-59H,3-16,18,20-24,26-28,30-43,45-47,49-52H2,1-2H3,(H,57,60)/b19-17-,29-25-,48-44+. The van der Waals surface area contributed by atoms with Crippen molar-refractivity contribution in [3.63, 3.8) is 0 Å². The fourth-order valence-electron chi connectivity index (χ4n) is 8.15. The maximum atomic E-state index is 12.4. The average molecular weight is 872 g/mol. The molecular weight excluding hydrogens is 767 g/mol. The molecule has 364 valence electrons. The number of nitrogens with one attached hydrogen (secondary N) is 1. The lowest BCUT2D eigenvalue weighted by Crippen LogP contribution is -2.45. The van der Waals surface area contributed by atoms with Crippen molar-refractivity contribution in [2.24, 2.45) is 0 Å². The maximum absolute atomic E-state index is 12.4. The van der Waals surface area contributed by atoms with Crippen LogP contribution in [-0.4, -0.2) is 47.4 Å². The number of ether oxygens (including phenoxy) is 1. The first-order chi connectivity index (χ1) is 30.5. The van der Waals surface area contributed by atoms with Gasteiger partial charge >= 0.3 is 5.97 Å². The van der Waals surface area contributed by atoms with Crippen molar-refractivity contribution in [3.05, 3.63) is 36.5 Å². The Hall–Kier alpha value is -1.92. The number of aliphatic hydroxyl groups is 2. The molecule has 0 aliphatic carbocycles. The van der Waals surface area contributed by atoms with Gasteiger partial charge in [-0.25, -0.2) is 0 Å². The van der Waals surface area contributed by atoms with Gasteiger partial charge in [0, 0.05) is 12.8 Å². The van der Waals surface area contributed by atoms with Crippen LogP contribution in [-0.2, 0) is 14.3 Å². The molecule has 0 spiro atoms. The topological polar surface area (TPSA) is 95.9 Å². The number of hydrogen-bond donors (Lipinski definition) is 3. The Labute approximate surface area is 385 Å². The number of esters is 1. The summed E-state index contributed by atoms with van der Waals surface area (Å²) in [5.41, 5.74) is 0. The van der Waals surface area contributed by atoms with Crippen LogP contribution in [0, 0.1) is 0 Å². The van der Waals surface area contributed by atoms with E-state index in [9.17, 15) is 19.8 Å². The number of rotatable bonds is 50. The number of aliphatic hydroxyl groups excluding tert-OH is 2. The van der Waals surface area contributed by atoms with E-state index in [0.29, 0.717) is 19.4 Å². The molecule has 6 nitrogen and oxygen atoms in total. The lowest BCUT2D eigenvalue weighted by Gasteiger charge is -2.19. The maximum Gasteiger partial charge on any atom is 0.305 e. The smallest absolute Gasteiger partial charge is 0.305 e. The van der Waals surface area contributed by atoms with Gasteiger partial charge in [0.15, 0.2) is 0 Å². The van der Waals surface area contributed by atoms with Crippen LogP contribution < -0.4 is 5.32 Å². The van der Waals surface area contributed by atoms with Crippen LogP contribution in [0.2, 0.25) is 0 Å².